The van der Waals surface area contributed by atoms with Gasteiger partial charge in [-0.15, -0.1) is 0 Å². The van der Waals surface area contributed by atoms with Gasteiger partial charge in [-0.2, -0.15) is 8.42 Å². The molecule has 1 aliphatic heterocycles. The third-order valence-electron chi connectivity index (χ3n) is 2.19. The first-order valence-corrected chi connectivity index (χ1v) is 6.53. The van der Waals surface area contributed by atoms with Crippen LogP contribution in [-0.2, 0) is 18.3 Å². The summed E-state index contributed by atoms with van der Waals surface area (Å²) in [7, 11) is 0.0135. The number of hydrogen-bond donors (Lipinski definition) is 5. The van der Waals surface area contributed by atoms with Crippen molar-refractivity contribution in [2.45, 2.75) is 30.4 Å². The second-order valence-electron chi connectivity index (χ2n) is 3.41. The van der Waals surface area contributed by atoms with Crippen molar-refractivity contribution >= 4 is 20.0 Å². The molecule has 0 aromatic heterocycles. The summed E-state index contributed by atoms with van der Waals surface area (Å²) in [6.07, 6.45) is -8.13. The molecule has 102 valence electrons. The lowest BCUT2D eigenvalue weighted by atomic mass is 9.96. The molecule has 0 aromatic rings. The van der Waals surface area contributed by atoms with E-state index in [0.29, 0.717) is 0 Å². The van der Waals surface area contributed by atoms with Crippen LogP contribution >= 0.6 is 10.7 Å². The second kappa shape index (κ2) is 4.91. The maximum absolute atomic E-state index is 10.5. The number of ether oxygens (including phenoxy) is 1. The van der Waals surface area contributed by atoms with Gasteiger partial charge in [-0.1, -0.05) is 0 Å². The van der Waals surface area contributed by atoms with E-state index in [1.807, 2.05) is 0 Å². The van der Waals surface area contributed by atoms with E-state index in [0.717, 1.165) is 0 Å². The summed E-state index contributed by atoms with van der Waals surface area (Å²) in [5.74, 6) is -2.93. The number of halogens is 1. The molecular formula is C6H11ClO9S. The third-order valence-corrected chi connectivity index (χ3v) is 2.82. The zero-order valence-electron chi connectivity index (χ0n) is 8.17. The van der Waals surface area contributed by atoms with Gasteiger partial charge in [0.05, 0.1) is 6.61 Å². The topological polar surface area (TPSA) is 154 Å². The van der Waals surface area contributed by atoms with Crippen LogP contribution in [0.5, 0.6) is 0 Å². The van der Waals surface area contributed by atoms with Gasteiger partial charge in [-0.3, -0.25) is 0 Å². The fourth-order valence-electron chi connectivity index (χ4n) is 1.25. The summed E-state index contributed by atoms with van der Waals surface area (Å²) in [4.78, 5) is 0. The Balaban J connectivity index is 2.87. The molecule has 0 aliphatic carbocycles. The van der Waals surface area contributed by atoms with Gasteiger partial charge in [-0.05, 0) is 0 Å². The first-order valence-electron chi connectivity index (χ1n) is 4.29. The molecule has 9 nitrogen and oxygen atoms in total. The van der Waals surface area contributed by atoms with Gasteiger partial charge in [0, 0.05) is 10.7 Å². The van der Waals surface area contributed by atoms with Crippen LogP contribution in [0, 0.1) is 0 Å². The fraction of sp³-hybridized carbons (Fsp3) is 1.00. The van der Waals surface area contributed by atoms with Crippen molar-refractivity contribution in [3.8, 4) is 0 Å². The number of hydrogen-bond acceptors (Lipinski definition) is 9. The predicted molar refractivity (Wildman–Crippen MR) is 50.8 cm³/mol. The lowest BCUT2D eigenvalue weighted by Gasteiger charge is -2.42. The van der Waals surface area contributed by atoms with Crippen molar-refractivity contribution in [1.82, 2.24) is 0 Å². The first-order chi connectivity index (χ1) is 7.58. The predicted octanol–water partition coefficient (Wildman–Crippen LogP) is -3.39. The smallest absolute Gasteiger partial charge is 0.358 e. The summed E-state index contributed by atoms with van der Waals surface area (Å²) < 4.78 is 29.3. The molecule has 0 spiro atoms. The Morgan fingerprint density at radius 3 is 2.41 bits per heavy atom. The van der Waals surface area contributed by atoms with Crippen LogP contribution < -0.4 is 0 Å². The molecule has 0 saturated carbocycles. The Kier molecular flexibility index (Phi) is 4.34. The van der Waals surface area contributed by atoms with E-state index in [1.54, 1.807) is 0 Å². The highest BCUT2D eigenvalue weighted by Crippen LogP contribution is 2.28. The van der Waals surface area contributed by atoms with E-state index in [2.05, 4.69) is 19.6 Å². The van der Waals surface area contributed by atoms with Crippen molar-refractivity contribution in [1.29, 1.82) is 0 Å². The molecule has 0 radical (unpaired) electrons. The van der Waals surface area contributed by atoms with E-state index in [9.17, 15) is 28.8 Å². The van der Waals surface area contributed by atoms with Crippen LogP contribution in [0.4, 0.5) is 0 Å². The summed E-state index contributed by atoms with van der Waals surface area (Å²) in [6, 6.07) is 0. The van der Waals surface area contributed by atoms with Gasteiger partial charge in [-0.25, -0.2) is 4.18 Å². The van der Waals surface area contributed by atoms with Crippen LogP contribution in [0.3, 0.4) is 0 Å². The average Bonchev–Trinajstić information content (AvgIpc) is 2.18. The Bertz CT molecular complexity index is 372. The minimum Gasteiger partial charge on any atom is -0.388 e. The highest BCUT2D eigenvalue weighted by Gasteiger charge is 2.55. The van der Waals surface area contributed by atoms with E-state index in [-0.39, 0.29) is 0 Å². The normalized spacial score (nSPS) is 41.2. The van der Waals surface area contributed by atoms with Crippen molar-refractivity contribution < 1.29 is 42.9 Å². The summed E-state index contributed by atoms with van der Waals surface area (Å²) in [6.45, 7) is -0.655. The van der Waals surface area contributed by atoms with Crippen LogP contribution in [0.2, 0.25) is 0 Å². The second-order valence-corrected chi connectivity index (χ2v) is 5.52. The number of aliphatic hydroxyl groups excluding tert-OH is 4. The molecular weight excluding hydrogens is 284 g/mol. The molecule has 1 fully saturated rings. The Hall–Kier alpha value is -0.0400. The SMILES string of the molecule is O=S(=O)(Cl)OC(O)C1(O)OC[C@@H](O)[C@@H](O)[C@@H]1O. The molecule has 0 amide bonds. The van der Waals surface area contributed by atoms with Gasteiger partial charge < -0.3 is 30.3 Å². The highest BCUT2D eigenvalue weighted by molar-refractivity contribution is 8.10. The zero-order valence-corrected chi connectivity index (χ0v) is 9.74. The lowest BCUT2D eigenvalue weighted by Crippen LogP contribution is -2.66. The van der Waals surface area contributed by atoms with Crippen molar-refractivity contribution in [3.05, 3.63) is 0 Å². The number of rotatable bonds is 3. The Labute approximate surface area is 100 Å². The Morgan fingerprint density at radius 2 is 1.94 bits per heavy atom. The quantitative estimate of drug-likeness (QED) is 0.265. The molecule has 5 N–H and O–H groups in total. The van der Waals surface area contributed by atoms with Gasteiger partial charge in [0.15, 0.2) is 0 Å². The summed E-state index contributed by atoms with van der Waals surface area (Å²) >= 11 is 0. The standard InChI is InChI=1S/C6H11ClO9S/c7-17(13,14)16-5(11)6(12)4(10)3(9)2(8)1-15-6/h2-5,8-12H,1H2/t2-,3-,4+,5?,6?/m1/s1. The van der Waals surface area contributed by atoms with Crippen LogP contribution in [0.1, 0.15) is 0 Å². The van der Waals surface area contributed by atoms with Gasteiger partial charge >= 0.3 is 9.33 Å². The molecule has 1 saturated heterocycles. The van der Waals surface area contributed by atoms with E-state index < -0.39 is 46.3 Å². The molecule has 11 heteroatoms. The van der Waals surface area contributed by atoms with Crippen molar-refractivity contribution in [2.75, 3.05) is 6.61 Å². The minimum atomic E-state index is -4.64. The molecule has 2 unspecified atom stereocenters. The minimum absolute atomic E-state index is 0.655. The first kappa shape index (κ1) is 15.0. The van der Waals surface area contributed by atoms with Crippen LogP contribution in [0.15, 0.2) is 0 Å². The molecule has 0 aromatic carbocycles. The van der Waals surface area contributed by atoms with E-state index in [4.69, 9.17) is 5.11 Å². The average molecular weight is 295 g/mol. The highest BCUT2D eigenvalue weighted by atomic mass is 35.7. The van der Waals surface area contributed by atoms with Crippen molar-refractivity contribution in [3.63, 3.8) is 0 Å². The van der Waals surface area contributed by atoms with Gasteiger partial charge in [0.25, 0.3) is 0 Å². The summed E-state index contributed by atoms with van der Waals surface area (Å²) in [5.41, 5.74) is 0. The largest absolute Gasteiger partial charge is 0.388 e. The van der Waals surface area contributed by atoms with Crippen molar-refractivity contribution in [2.24, 2.45) is 0 Å². The lowest BCUT2D eigenvalue weighted by molar-refractivity contribution is -0.378. The van der Waals surface area contributed by atoms with E-state index >= 15 is 0 Å². The number of aliphatic hydroxyl groups is 5. The molecule has 0 bridgehead atoms. The maximum atomic E-state index is 10.5. The van der Waals surface area contributed by atoms with Crippen LogP contribution in [0.25, 0.3) is 0 Å². The van der Waals surface area contributed by atoms with Gasteiger partial charge in [0.2, 0.25) is 12.1 Å². The maximum Gasteiger partial charge on any atom is 0.358 e. The fourth-order valence-corrected chi connectivity index (χ4v) is 1.82. The molecule has 1 rings (SSSR count). The summed E-state index contributed by atoms with van der Waals surface area (Å²) in [5, 5.41) is 46.5. The Morgan fingerprint density at radius 1 is 1.41 bits per heavy atom. The molecule has 1 heterocycles. The molecule has 1 aliphatic rings. The van der Waals surface area contributed by atoms with Gasteiger partial charge in [0.1, 0.15) is 18.3 Å². The third kappa shape index (κ3) is 3.24. The molecule has 5 atom stereocenters. The monoisotopic (exact) mass is 294 g/mol. The molecule has 17 heavy (non-hydrogen) atoms. The van der Waals surface area contributed by atoms with Crippen LogP contribution in [-0.4, -0.2) is 70.9 Å². The zero-order chi connectivity index (χ0) is 13.4. The van der Waals surface area contributed by atoms with E-state index in [1.165, 1.54) is 0 Å².